The van der Waals surface area contributed by atoms with Crippen molar-refractivity contribution in [3.05, 3.63) is 36.4 Å². The van der Waals surface area contributed by atoms with E-state index in [-0.39, 0.29) is 0 Å². The number of esters is 1. The van der Waals surface area contributed by atoms with Crippen LogP contribution >= 0.6 is 0 Å². The van der Waals surface area contributed by atoms with Crippen molar-refractivity contribution in [1.29, 1.82) is 0 Å². The van der Waals surface area contributed by atoms with Gasteiger partial charge in [0.2, 0.25) is 6.04 Å². The molecule has 0 aliphatic carbocycles. The first-order valence-corrected chi connectivity index (χ1v) is 14.8. The first kappa shape index (κ1) is 33.1. The maximum atomic E-state index is 13.8. The standard InChI is InChI=1S/C32H48N4O6/c1-9-35(10-2)28(37)26(29(38)41-31(3,4)5)33-25-16-15-23-13-11-12-14-24(23)27(25)36(30(39)42-32(6,7)8)18-17-34-19-21-40-22-20-34/h11-16,26,33H,9-10,17-22H2,1-8H3. The number of nitrogens with zero attached hydrogens (tertiary/aromatic N) is 3. The third-order valence-corrected chi connectivity index (χ3v) is 6.79. The highest BCUT2D eigenvalue weighted by atomic mass is 16.6. The second kappa shape index (κ2) is 14.2. The van der Waals surface area contributed by atoms with E-state index in [4.69, 9.17) is 14.2 Å². The lowest BCUT2D eigenvalue weighted by molar-refractivity contribution is -0.159. The quantitative estimate of drug-likeness (QED) is 0.311. The van der Waals surface area contributed by atoms with Crippen molar-refractivity contribution >= 4 is 40.1 Å². The summed E-state index contributed by atoms with van der Waals surface area (Å²) >= 11 is 0. The molecule has 1 aliphatic heterocycles. The monoisotopic (exact) mass is 584 g/mol. The van der Waals surface area contributed by atoms with E-state index in [0.717, 1.165) is 23.9 Å². The highest BCUT2D eigenvalue weighted by Gasteiger charge is 2.36. The maximum Gasteiger partial charge on any atom is 0.414 e. The summed E-state index contributed by atoms with van der Waals surface area (Å²) in [6.45, 7) is 19.1. The van der Waals surface area contributed by atoms with Crippen molar-refractivity contribution in [2.75, 3.05) is 62.7 Å². The Morgan fingerprint density at radius 2 is 1.55 bits per heavy atom. The Balaban J connectivity index is 2.14. The van der Waals surface area contributed by atoms with Gasteiger partial charge in [0.1, 0.15) is 11.2 Å². The molecule has 0 aromatic heterocycles. The van der Waals surface area contributed by atoms with E-state index in [0.29, 0.717) is 50.8 Å². The van der Waals surface area contributed by atoms with Crippen LogP contribution in [0.3, 0.4) is 0 Å². The van der Waals surface area contributed by atoms with Gasteiger partial charge in [-0.2, -0.15) is 0 Å². The van der Waals surface area contributed by atoms with Crippen molar-refractivity contribution in [3.8, 4) is 0 Å². The molecule has 1 atom stereocenters. The fraction of sp³-hybridized carbons (Fsp3) is 0.594. The molecule has 42 heavy (non-hydrogen) atoms. The predicted octanol–water partition coefficient (Wildman–Crippen LogP) is 4.90. The lowest BCUT2D eigenvalue weighted by atomic mass is 10.0. The van der Waals surface area contributed by atoms with Gasteiger partial charge < -0.3 is 24.4 Å². The van der Waals surface area contributed by atoms with Gasteiger partial charge in [-0.25, -0.2) is 9.59 Å². The number of rotatable bonds is 10. The molecule has 1 aliphatic rings. The molecule has 0 saturated carbocycles. The summed E-state index contributed by atoms with van der Waals surface area (Å²) in [5, 5.41) is 4.89. The smallest absolute Gasteiger partial charge is 0.414 e. The summed E-state index contributed by atoms with van der Waals surface area (Å²) in [5.41, 5.74) is -0.535. The van der Waals surface area contributed by atoms with E-state index < -0.39 is 35.2 Å². The molecule has 1 unspecified atom stereocenters. The molecule has 0 radical (unpaired) electrons. The number of hydrogen-bond acceptors (Lipinski definition) is 8. The number of nitrogens with one attached hydrogen (secondary N) is 1. The fourth-order valence-corrected chi connectivity index (χ4v) is 4.80. The minimum Gasteiger partial charge on any atom is -0.458 e. The summed E-state index contributed by atoms with van der Waals surface area (Å²) in [6.07, 6.45) is -0.515. The minimum absolute atomic E-state index is 0.332. The third kappa shape index (κ3) is 9.06. The van der Waals surface area contributed by atoms with Crippen LogP contribution in [0.4, 0.5) is 16.2 Å². The Labute approximate surface area is 250 Å². The second-order valence-corrected chi connectivity index (χ2v) is 12.4. The zero-order valence-electron chi connectivity index (χ0n) is 26.5. The minimum atomic E-state index is -1.32. The summed E-state index contributed by atoms with van der Waals surface area (Å²) in [6, 6.07) is 10.1. The number of ether oxygens (including phenoxy) is 3. The van der Waals surface area contributed by atoms with Gasteiger partial charge in [-0.15, -0.1) is 0 Å². The van der Waals surface area contributed by atoms with Crippen LogP contribution < -0.4 is 10.2 Å². The van der Waals surface area contributed by atoms with E-state index in [9.17, 15) is 14.4 Å². The van der Waals surface area contributed by atoms with Crippen LogP contribution in [-0.4, -0.2) is 97.5 Å². The van der Waals surface area contributed by atoms with Gasteiger partial charge in [-0.05, 0) is 66.8 Å². The summed E-state index contributed by atoms with van der Waals surface area (Å²) in [5.74, 6) is -1.08. The number of carbonyl (C=O) groups excluding carboxylic acids is 3. The molecule has 232 valence electrons. The highest BCUT2D eigenvalue weighted by Crippen LogP contribution is 2.36. The number of carbonyl (C=O) groups is 3. The Kier molecular flexibility index (Phi) is 11.2. The molecule has 2 aromatic rings. The highest BCUT2D eigenvalue weighted by molar-refractivity contribution is 6.10. The topological polar surface area (TPSA) is 101 Å². The Bertz CT molecular complexity index is 1230. The summed E-state index contributed by atoms with van der Waals surface area (Å²) in [4.78, 5) is 46.4. The maximum absolute atomic E-state index is 13.8. The molecule has 2 aromatic carbocycles. The predicted molar refractivity (Wildman–Crippen MR) is 166 cm³/mol. The average molecular weight is 585 g/mol. The summed E-state index contributed by atoms with van der Waals surface area (Å²) < 4.78 is 17.1. The third-order valence-electron chi connectivity index (χ3n) is 6.79. The average Bonchev–Trinajstić information content (AvgIpc) is 2.91. The second-order valence-electron chi connectivity index (χ2n) is 12.4. The molecule has 0 bridgehead atoms. The molecule has 1 fully saturated rings. The van der Waals surface area contributed by atoms with Gasteiger partial charge in [0.15, 0.2) is 0 Å². The van der Waals surface area contributed by atoms with Crippen molar-refractivity contribution in [1.82, 2.24) is 9.80 Å². The molecule has 10 nitrogen and oxygen atoms in total. The zero-order chi connectivity index (χ0) is 31.1. The van der Waals surface area contributed by atoms with Gasteiger partial charge in [0, 0.05) is 44.7 Å². The first-order chi connectivity index (χ1) is 19.7. The molecule has 1 saturated heterocycles. The Morgan fingerprint density at radius 1 is 0.929 bits per heavy atom. The molecule has 10 heteroatoms. The zero-order valence-corrected chi connectivity index (χ0v) is 26.5. The molecule has 1 heterocycles. The largest absolute Gasteiger partial charge is 0.458 e. The number of benzene rings is 2. The molecule has 0 spiro atoms. The molecular formula is C32H48N4O6. The lowest BCUT2D eigenvalue weighted by Crippen LogP contribution is -2.50. The van der Waals surface area contributed by atoms with E-state index in [2.05, 4.69) is 10.2 Å². The van der Waals surface area contributed by atoms with Gasteiger partial charge in [-0.3, -0.25) is 14.6 Å². The van der Waals surface area contributed by atoms with Crippen molar-refractivity contribution in [2.45, 2.75) is 72.6 Å². The van der Waals surface area contributed by atoms with Crippen molar-refractivity contribution in [3.63, 3.8) is 0 Å². The van der Waals surface area contributed by atoms with Crippen molar-refractivity contribution < 1.29 is 28.6 Å². The van der Waals surface area contributed by atoms with Crippen LogP contribution in [0, 0.1) is 0 Å². The first-order valence-electron chi connectivity index (χ1n) is 14.8. The van der Waals surface area contributed by atoms with Gasteiger partial charge in [0.05, 0.1) is 24.6 Å². The molecule has 1 N–H and O–H groups in total. The van der Waals surface area contributed by atoms with Crippen LogP contribution in [0.15, 0.2) is 36.4 Å². The summed E-state index contributed by atoms with van der Waals surface area (Å²) in [7, 11) is 0. The number of amides is 2. The fourth-order valence-electron chi connectivity index (χ4n) is 4.80. The Hall–Kier alpha value is -3.37. The van der Waals surface area contributed by atoms with E-state index >= 15 is 0 Å². The Morgan fingerprint density at radius 3 is 2.14 bits per heavy atom. The SMILES string of the molecule is CCN(CC)C(=O)C(Nc1ccc2ccccc2c1N(CCN1CCOCC1)C(=O)OC(C)(C)C)C(=O)OC(C)(C)C. The normalized spacial score (nSPS) is 15.1. The number of anilines is 2. The van der Waals surface area contributed by atoms with Gasteiger partial charge in [0.25, 0.3) is 5.91 Å². The van der Waals surface area contributed by atoms with E-state index in [1.54, 1.807) is 36.6 Å². The van der Waals surface area contributed by atoms with Crippen LogP contribution in [0.1, 0.15) is 55.4 Å². The molecule has 3 rings (SSSR count). The van der Waals surface area contributed by atoms with Crippen LogP contribution in [-0.2, 0) is 23.8 Å². The van der Waals surface area contributed by atoms with Crippen LogP contribution in [0.5, 0.6) is 0 Å². The van der Waals surface area contributed by atoms with E-state index in [1.807, 2.05) is 65.0 Å². The van der Waals surface area contributed by atoms with Gasteiger partial charge >= 0.3 is 12.1 Å². The number of likely N-dealkylation sites (N-methyl/N-ethyl adjacent to an activating group) is 1. The number of fused-ring (bicyclic) bond motifs is 1. The molecular weight excluding hydrogens is 536 g/mol. The number of hydrogen-bond donors (Lipinski definition) is 1. The number of morpholine rings is 1. The van der Waals surface area contributed by atoms with Crippen LogP contribution in [0.2, 0.25) is 0 Å². The molecule has 2 amide bonds. The lowest BCUT2D eigenvalue weighted by Gasteiger charge is -2.34. The van der Waals surface area contributed by atoms with Crippen LogP contribution in [0.25, 0.3) is 10.8 Å². The van der Waals surface area contributed by atoms with E-state index in [1.165, 1.54) is 0 Å². The van der Waals surface area contributed by atoms with Crippen molar-refractivity contribution in [2.24, 2.45) is 0 Å². The van der Waals surface area contributed by atoms with Gasteiger partial charge in [-0.1, -0.05) is 30.3 Å².